The van der Waals surface area contributed by atoms with E-state index < -0.39 is 5.91 Å². The molecule has 27 heavy (non-hydrogen) atoms. The van der Waals surface area contributed by atoms with Crippen molar-refractivity contribution in [2.75, 3.05) is 13.7 Å². The summed E-state index contributed by atoms with van der Waals surface area (Å²) in [5, 5.41) is 7.04. The molecule has 1 atom stereocenters. The van der Waals surface area contributed by atoms with Crippen molar-refractivity contribution < 1.29 is 9.53 Å². The molecule has 6 heteroatoms. The molecule has 0 aliphatic carbocycles. The summed E-state index contributed by atoms with van der Waals surface area (Å²) in [4.78, 5) is 12.0. The number of hydrazone groups is 1. The van der Waals surface area contributed by atoms with Crippen LogP contribution in [0.3, 0.4) is 0 Å². The van der Waals surface area contributed by atoms with Crippen LogP contribution < -0.4 is 16.5 Å². The molecular weight excluding hydrogens is 340 g/mol. The molecule has 142 valence electrons. The molecule has 0 radical (unpaired) electrons. The molecule has 0 saturated carbocycles. The first-order valence-corrected chi connectivity index (χ1v) is 8.87. The second-order valence-electron chi connectivity index (χ2n) is 5.89. The number of hydrogen-bond donors (Lipinski definition) is 3. The molecule has 0 aliphatic rings. The highest BCUT2D eigenvalue weighted by atomic mass is 16.5. The van der Waals surface area contributed by atoms with Crippen LogP contribution in [0, 0.1) is 0 Å². The third kappa shape index (κ3) is 6.60. The lowest BCUT2D eigenvalue weighted by Crippen LogP contribution is -2.26. The van der Waals surface area contributed by atoms with E-state index in [1.165, 1.54) is 6.08 Å². The summed E-state index contributed by atoms with van der Waals surface area (Å²) in [5.74, 6) is 0.148. The SMILES string of the molecule is CC[C@H](OC/C(N)=C/C(=O)N/N=C(\NC)c1ccccc1)c1ccccc1. The zero-order valence-electron chi connectivity index (χ0n) is 15.7. The maximum atomic E-state index is 12.0. The van der Waals surface area contributed by atoms with Crippen molar-refractivity contribution in [2.24, 2.45) is 10.8 Å². The summed E-state index contributed by atoms with van der Waals surface area (Å²) in [6.07, 6.45) is 2.05. The number of nitrogens with one attached hydrogen (secondary N) is 2. The van der Waals surface area contributed by atoms with E-state index >= 15 is 0 Å². The van der Waals surface area contributed by atoms with Gasteiger partial charge >= 0.3 is 0 Å². The molecule has 0 spiro atoms. The number of ether oxygens (including phenoxy) is 1. The third-order valence-electron chi connectivity index (χ3n) is 3.87. The zero-order chi connectivity index (χ0) is 19.5. The van der Waals surface area contributed by atoms with E-state index in [2.05, 4.69) is 15.8 Å². The van der Waals surface area contributed by atoms with Crippen LogP contribution in [0.25, 0.3) is 0 Å². The first-order valence-electron chi connectivity index (χ1n) is 8.87. The number of carbonyl (C=O) groups is 1. The molecule has 4 N–H and O–H groups in total. The number of carbonyl (C=O) groups excluding carboxylic acids is 1. The Hall–Kier alpha value is -3.12. The van der Waals surface area contributed by atoms with Crippen molar-refractivity contribution in [3.05, 3.63) is 83.6 Å². The van der Waals surface area contributed by atoms with Crippen LogP contribution in [-0.4, -0.2) is 25.4 Å². The maximum absolute atomic E-state index is 12.0. The van der Waals surface area contributed by atoms with Gasteiger partial charge < -0.3 is 15.8 Å². The summed E-state index contributed by atoms with van der Waals surface area (Å²) < 4.78 is 5.83. The van der Waals surface area contributed by atoms with Crippen molar-refractivity contribution in [1.82, 2.24) is 10.7 Å². The number of amides is 1. The van der Waals surface area contributed by atoms with E-state index in [0.29, 0.717) is 11.5 Å². The smallest absolute Gasteiger partial charge is 0.265 e. The standard InChI is InChI=1S/C21H26N4O2/c1-3-19(16-10-6-4-7-11-16)27-15-18(22)14-20(26)24-25-21(23-2)17-12-8-5-9-13-17/h4-14,19H,3,15,22H2,1-2H3,(H,23,25)(H,24,26)/b18-14-/t19-/m0/s1. The fourth-order valence-corrected chi connectivity index (χ4v) is 2.53. The molecule has 0 saturated heterocycles. The molecule has 2 aromatic carbocycles. The number of nitrogens with zero attached hydrogens (tertiary/aromatic N) is 1. The normalized spacial score (nSPS) is 13.1. The lowest BCUT2D eigenvalue weighted by atomic mass is 10.1. The van der Waals surface area contributed by atoms with Crippen molar-refractivity contribution >= 4 is 11.7 Å². The van der Waals surface area contributed by atoms with E-state index in [0.717, 1.165) is 17.5 Å². The van der Waals surface area contributed by atoms with E-state index in [1.807, 2.05) is 67.6 Å². The molecule has 1 amide bonds. The van der Waals surface area contributed by atoms with Gasteiger partial charge in [0.15, 0.2) is 5.84 Å². The summed E-state index contributed by atoms with van der Waals surface area (Å²) in [5.41, 5.74) is 10.7. The molecule has 0 aliphatic heterocycles. The lowest BCUT2D eigenvalue weighted by Gasteiger charge is -2.16. The Labute approximate surface area is 160 Å². The first-order chi connectivity index (χ1) is 13.1. The van der Waals surface area contributed by atoms with Gasteiger partial charge in [0.2, 0.25) is 0 Å². The molecule has 0 aromatic heterocycles. The van der Waals surface area contributed by atoms with Crippen LogP contribution >= 0.6 is 0 Å². The minimum Gasteiger partial charge on any atom is -0.400 e. The average Bonchev–Trinajstić information content (AvgIpc) is 2.70. The molecule has 0 fully saturated rings. The Bertz CT molecular complexity index is 773. The van der Waals surface area contributed by atoms with Crippen LogP contribution in [-0.2, 0) is 9.53 Å². The Balaban J connectivity index is 1.91. The van der Waals surface area contributed by atoms with Crippen LogP contribution in [0.4, 0.5) is 0 Å². The van der Waals surface area contributed by atoms with E-state index in [9.17, 15) is 4.79 Å². The highest BCUT2D eigenvalue weighted by Gasteiger charge is 2.10. The van der Waals surface area contributed by atoms with Crippen LogP contribution in [0.15, 0.2) is 77.5 Å². The van der Waals surface area contributed by atoms with E-state index in [1.54, 1.807) is 7.05 Å². The van der Waals surface area contributed by atoms with Gasteiger partial charge in [0.1, 0.15) is 0 Å². The van der Waals surface area contributed by atoms with Gasteiger partial charge in [0.05, 0.1) is 12.7 Å². The lowest BCUT2D eigenvalue weighted by molar-refractivity contribution is -0.116. The van der Waals surface area contributed by atoms with Gasteiger partial charge in [0, 0.05) is 24.4 Å². The zero-order valence-corrected chi connectivity index (χ0v) is 15.7. The van der Waals surface area contributed by atoms with Gasteiger partial charge in [-0.05, 0) is 12.0 Å². The average molecular weight is 366 g/mol. The van der Waals surface area contributed by atoms with E-state index in [-0.39, 0.29) is 12.7 Å². The molecular formula is C21H26N4O2. The van der Waals surface area contributed by atoms with Crippen LogP contribution in [0.2, 0.25) is 0 Å². The topological polar surface area (TPSA) is 88.7 Å². The maximum Gasteiger partial charge on any atom is 0.265 e. The fraction of sp³-hybridized carbons (Fsp3) is 0.238. The largest absolute Gasteiger partial charge is 0.400 e. The monoisotopic (exact) mass is 366 g/mol. The number of hydrogen-bond acceptors (Lipinski definition) is 4. The number of nitrogens with two attached hydrogens (primary N) is 1. The number of amidine groups is 1. The van der Waals surface area contributed by atoms with Crippen LogP contribution in [0.1, 0.15) is 30.6 Å². The molecule has 2 aromatic rings. The highest BCUT2D eigenvalue weighted by molar-refractivity contribution is 5.99. The highest BCUT2D eigenvalue weighted by Crippen LogP contribution is 2.20. The van der Waals surface area contributed by atoms with Crippen LogP contribution in [0.5, 0.6) is 0 Å². The first kappa shape index (κ1) is 20.2. The second kappa shape index (κ2) is 10.8. The van der Waals surface area contributed by atoms with Crippen molar-refractivity contribution in [1.29, 1.82) is 0 Å². The molecule has 0 heterocycles. The van der Waals surface area contributed by atoms with E-state index in [4.69, 9.17) is 10.5 Å². The van der Waals surface area contributed by atoms with Crippen molar-refractivity contribution in [3.63, 3.8) is 0 Å². The molecule has 2 rings (SSSR count). The summed E-state index contributed by atoms with van der Waals surface area (Å²) in [6, 6.07) is 19.4. The van der Waals surface area contributed by atoms with Gasteiger partial charge in [-0.25, -0.2) is 5.43 Å². The Morgan fingerprint density at radius 3 is 2.37 bits per heavy atom. The predicted octanol–water partition coefficient (Wildman–Crippen LogP) is 2.69. The summed E-state index contributed by atoms with van der Waals surface area (Å²) >= 11 is 0. The van der Waals surface area contributed by atoms with Gasteiger partial charge in [-0.15, -0.1) is 0 Å². The van der Waals surface area contributed by atoms with Crippen molar-refractivity contribution in [2.45, 2.75) is 19.4 Å². The Morgan fingerprint density at radius 2 is 1.78 bits per heavy atom. The summed E-state index contributed by atoms with van der Waals surface area (Å²) in [7, 11) is 1.74. The molecule has 0 unspecified atom stereocenters. The quantitative estimate of drug-likeness (QED) is 0.290. The second-order valence-corrected chi connectivity index (χ2v) is 5.89. The van der Waals surface area contributed by atoms with Gasteiger partial charge in [-0.2, -0.15) is 5.10 Å². The summed E-state index contributed by atoms with van der Waals surface area (Å²) in [6.45, 7) is 2.21. The minimum atomic E-state index is -0.410. The predicted molar refractivity (Wildman–Crippen MR) is 108 cm³/mol. The third-order valence-corrected chi connectivity index (χ3v) is 3.87. The fourth-order valence-electron chi connectivity index (χ4n) is 2.53. The van der Waals surface area contributed by atoms with Gasteiger partial charge in [0.25, 0.3) is 5.91 Å². The molecule has 6 nitrogen and oxygen atoms in total. The number of benzene rings is 2. The minimum absolute atomic E-state index is 0.0618. The molecule has 0 bridgehead atoms. The van der Waals surface area contributed by atoms with Gasteiger partial charge in [-0.3, -0.25) is 4.79 Å². The Morgan fingerprint density at radius 1 is 1.15 bits per heavy atom. The van der Waals surface area contributed by atoms with Gasteiger partial charge in [-0.1, -0.05) is 67.6 Å². The Kier molecular flexibility index (Phi) is 8.06. The number of rotatable bonds is 8. The van der Waals surface area contributed by atoms with Crippen molar-refractivity contribution in [3.8, 4) is 0 Å².